The van der Waals surface area contributed by atoms with Crippen LogP contribution in [0, 0.1) is 0 Å². The molecule has 0 radical (unpaired) electrons. The number of ether oxygens (including phenoxy) is 1. The van der Waals surface area contributed by atoms with E-state index in [0.717, 1.165) is 0 Å². The third-order valence-corrected chi connectivity index (χ3v) is 3.56. The minimum atomic E-state index is -0.771. The number of carbonyl (C=O) groups is 3. The lowest BCUT2D eigenvalue weighted by Gasteiger charge is -2.11. The lowest BCUT2D eigenvalue weighted by Crippen LogP contribution is -2.26. The van der Waals surface area contributed by atoms with Crippen molar-refractivity contribution < 1.29 is 23.5 Å². The van der Waals surface area contributed by atoms with Crippen LogP contribution in [0.5, 0.6) is 0 Å². The molecule has 0 unspecified atom stereocenters. The van der Waals surface area contributed by atoms with E-state index in [1.54, 1.807) is 36.4 Å². The van der Waals surface area contributed by atoms with Gasteiger partial charge in [0.2, 0.25) is 0 Å². The maximum Gasteiger partial charge on any atom is 0.359 e. The number of aromatic nitrogens is 2. The Balaban J connectivity index is 1.57. The van der Waals surface area contributed by atoms with Gasteiger partial charge in [0, 0.05) is 12.4 Å². The lowest BCUT2D eigenvalue weighted by molar-refractivity contribution is -0.119. The Morgan fingerprint density at radius 1 is 1.07 bits per heavy atom. The van der Waals surface area contributed by atoms with Crippen LogP contribution in [0.2, 0.25) is 0 Å². The van der Waals surface area contributed by atoms with Crippen LogP contribution in [0.15, 0.2) is 65.7 Å². The Labute approximate surface area is 159 Å². The number of amides is 2. The predicted molar refractivity (Wildman–Crippen MR) is 97.3 cm³/mol. The van der Waals surface area contributed by atoms with Crippen LogP contribution in [0.3, 0.4) is 0 Å². The van der Waals surface area contributed by atoms with Gasteiger partial charge in [0.15, 0.2) is 12.3 Å². The Morgan fingerprint density at radius 3 is 2.68 bits per heavy atom. The number of nitrogens with one attached hydrogen (secondary N) is 2. The van der Waals surface area contributed by atoms with Gasteiger partial charge in [-0.15, -0.1) is 0 Å². The number of hydrogen-bond donors (Lipinski definition) is 2. The van der Waals surface area contributed by atoms with Crippen LogP contribution in [-0.4, -0.2) is 34.4 Å². The summed E-state index contributed by atoms with van der Waals surface area (Å²) in [5, 5.41) is 5.26. The van der Waals surface area contributed by atoms with Crippen molar-refractivity contribution in [3.05, 3.63) is 78.3 Å². The Morgan fingerprint density at radius 2 is 1.93 bits per heavy atom. The molecule has 142 valence electrons. The first-order chi connectivity index (χ1) is 13.6. The quantitative estimate of drug-likeness (QED) is 0.599. The van der Waals surface area contributed by atoms with Gasteiger partial charge in [0.05, 0.1) is 30.3 Å². The zero-order valence-electron chi connectivity index (χ0n) is 14.6. The molecular weight excluding hydrogens is 364 g/mol. The average molecular weight is 380 g/mol. The van der Waals surface area contributed by atoms with E-state index in [1.165, 1.54) is 24.9 Å². The van der Waals surface area contributed by atoms with Crippen molar-refractivity contribution in [2.24, 2.45) is 0 Å². The second-order valence-corrected chi connectivity index (χ2v) is 5.52. The molecular formula is C19H16N4O5. The number of para-hydroxylation sites is 1. The van der Waals surface area contributed by atoms with Crippen molar-refractivity contribution in [1.29, 1.82) is 0 Å². The number of esters is 1. The third kappa shape index (κ3) is 5.01. The second kappa shape index (κ2) is 9.08. The van der Waals surface area contributed by atoms with Crippen molar-refractivity contribution in [3.63, 3.8) is 0 Å². The number of furan rings is 1. The zero-order valence-corrected chi connectivity index (χ0v) is 14.6. The molecule has 0 aliphatic rings. The fraction of sp³-hybridized carbons (Fsp3) is 0.105. The predicted octanol–water partition coefficient (Wildman–Crippen LogP) is 1.80. The summed E-state index contributed by atoms with van der Waals surface area (Å²) in [7, 11) is 0. The van der Waals surface area contributed by atoms with Gasteiger partial charge < -0.3 is 19.8 Å². The van der Waals surface area contributed by atoms with Gasteiger partial charge in [0.1, 0.15) is 5.76 Å². The molecule has 3 rings (SSSR count). The fourth-order valence-corrected chi connectivity index (χ4v) is 2.26. The van der Waals surface area contributed by atoms with E-state index in [2.05, 4.69) is 20.6 Å². The fourth-order valence-electron chi connectivity index (χ4n) is 2.26. The maximum atomic E-state index is 12.4. The third-order valence-electron chi connectivity index (χ3n) is 3.56. The molecule has 1 aromatic carbocycles. The minimum Gasteiger partial charge on any atom is -0.467 e. The molecule has 2 N–H and O–H groups in total. The zero-order chi connectivity index (χ0) is 19.8. The molecule has 0 fully saturated rings. The highest BCUT2D eigenvalue weighted by Gasteiger charge is 2.15. The molecule has 9 heteroatoms. The summed E-state index contributed by atoms with van der Waals surface area (Å²) in [6, 6.07) is 9.94. The lowest BCUT2D eigenvalue weighted by atomic mass is 10.1. The molecule has 28 heavy (non-hydrogen) atoms. The van der Waals surface area contributed by atoms with E-state index in [4.69, 9.17) is 9.15 Å². The monoisotopic (exact) mass is 380 g/mol. The number of rotatable bonds is 7. The van der Waals surface area contributed by atoms with Crippen molar-refractivity contribution in [3.8, 4) is 0 Å². The summed E-state index contributed by atoms with van der Waals surface area (Å²) in [6.45, 7) is -0.318. The molecule has 0 aliphatic carbocycles. The normalized spacial score (nSPS) is 10.1. The summed E-state index contributed by atoms with van der Waals surface area (Å²) in [4.78, 5) is 43.8. The first-order valence-corrected chi connectivity index (χ1v) is 8.26. The molecule has 2 amide bonds. The maximum absolute atomic E-state index is 12.4. The van der Waals surface area contributed by atoms with Gasteiger partial charge in [-0.3, -0.25) is 14.6 Å². The van der Waals surface area contributed by atoms with Gasteiger partial charge in [-0.05, 0) is 24.3 Å². The van der Waals surface area contributed by atoms with Crippen LogP contribution < -0.4 is 10.6 Å². The van der Waals surface area contributed by atoms with Crippen LogP contribution in [0.4, 0.5) is 5.69 Å². The topological polar surface area (TPSA) is 123 Å². The molecule has 3 aromatic rings. The van der Waals surface area contributed by atoms with Gasteiger partial charge in [0.25, 0.3) is 11.8 Å². The summed E-state index contributed by atoms with van der Waals surface area (Å²) in [5.41, 5.74) is 0.552. The Kier molecular flexibility index (Phi) is 6.09. The molecule has 0 spiro atoms. The standard InChI is InChI=1S/C19H16N4O5/c24-17(12-28-19(26)16-11-20-7-8-21-16)23-15-6-2-1-5-14(15)18(25)22-10-13-4-3-9-27-13/h1-9,11H,10,12H2,(H,22,25)(H,23,24). The molecule has 9 nitrogen and oxygen atoms in total. The molecule has 0 saturated heterocycles. The second-order valence-electron chi connectivity index (χ2n) is 5.52. The molecule has 0 bridgehead atoms. The number of benzene rings is 1. The first-order valence-electron chi connectivity index (χ1n) is 8.26. The SMILES string of the molecule is O=C(COC(=O)c1cnccn1)Nc1ccccc1C(=O)NCc1ccco1. The van der Waals surface area contributed by atoms with E-state index in [-0.39, 0.29) is 23.7 Å². The average Bonchev–Trinajstić information content (AvgIpc) is 3.25. The van der Waals surface area contributed by atoms with Gasteiger partial charge in [-0.25, -0.2) is 9.78 Å². The molecule has 0 saturated carbocycles. The minimum absolute atomic E-state index is 0.00648. The molecule has 2 aromatic heterocycles. The van der Waals surface area contributed by atoms with Crippen LogP contribution in [0.25, 0.3) is 0 Å². The van der Waals surface area contributed by atoms with E-state index < -0.39 is 18.5 Å². The van der Waals surface area contributed by atoms with Gasteiger partial charge in [-0.1, -0.05) is 12.1 Å². The summed E-state index contributed by atoms with van der Waals surface area (Å²) < 4.78 is 10.1. The molecule has 0 atom stereocenters. The number of carbonyl (C=O) groups excluding carboxylic acids is 3. The van der Waals surface area contributed by atoms with E-state index >= 15 is 0 Å². The smallest absolute Gasteiger partial charge is 0.359 e. The number of hydrogen-bond acceptors (Lipinski definition) is 7. The van der Waals surface area contributed by atoms with Crippen LogP contribution >= 0.6 is 0 Å². The molecule has 2 heterocycles. The van der Waals surface area contributed by atoms with E-state index in [0.29, 0.717) is 11.4 Å². The number of nitrogens with zero attached hydrogens (tertiary/aromatic N) is 2. The summed E-state index contributed by atoms with van der Waals surface area (Å²) >= 11 is 0. The highest BCUT2D eigenvalue weighted by molar-refractivity contribution is 6.04. The van der Waals surface area contributed by atoms with Crippen LogP contribution in [0.1, 0.15) is 26.6 Å². The highest BCUT2D eigenvalue weighted by Crippen LogP contribution is 2.15. The van der Waals surface area contributed by atoms with E-state index in [1.807, 2.05) is 0 Å². The largest absolute Gasteiger partial charge is 0.467 e. The highest BCUT2D eigenvalue weighted by atomic mass is 16.5. The van der Waals surface area contributed by atoms with Crippen molar-refractivity contribution in [2.75, 3.05) is 11.9 Å². The summed E-state index contributed by atoms with van der Waals surface area (Å²) in [5.74, 6) is -1.15. The van der Waals surface area contributed by atoms with Crippen molar-refractivity contribution >= 4 is 23.5 Å². The molecule has 0 aliphatic heterocycles. The van der Waals surface area contributed by atoms with Crippen molar-refractivity contribution in [1.82, 2.24) is 15.3 Å². The summed E-state index contributed by atoms with van der Waals surface area (Å²) in [6.07, 6.45) is 5.50. The van der Waals surface area contributed by atoms with Gasteiger partial charge >= 0.3 is 5.97 Å². The van der Waals surface area contributed by atoms with Crippen molar-refractivity contribution in [2.45, 2.75) is 6.54 Å². The number of anilines is 1. The first kappa shape index (κ1) is 18.8. The Bertz CT molecular complexity index is 957. The Hall–Kier alpha value is -4.01. The van der Waals surface area contributed by atoms with E-state index in [9.17, 15) is 14.4 Å². The van der Waals surface area contributed by atoms with Gasteiger partial charge in [-0.2, -0.15) is 0 Å². The van der Waals surface area contributed by atoms with Crippen LogP contribution in [-0.2, 0) is 16.1 Å².